The van der Waals surface area contributed by atoms with Crippen LogP contribution in [0.5, 0.6) is 5.75 Å². The number of aromatic nitrogens is 3. The average Bonchev–Trinajstić information content (AvgIpc) is 3.11. The van der Waals surface area contributed by atoms with Crippen LogP contribution in [0.1, 0.15) is 5.69 Å². The lowest BCUT2D eigenvalue weighted by atomic mass is 10.1. The molecule has 0 saturated carbocycles. The summed E-state index contributed by atoms with van der Waals surface area (Å²) in [5, 5.41) is 3.93. The third-order valence-electron chi connectivity index (χ3n) is 5.15. The predicted octanol–water partition coefficient (Wildman–Crippen LogP) is 3.91. The second-order valence-corrected chi connectivity index (χ2v) is 8.59. The Kier molecular flexibility index (Phi) is 5.81. The maximum atomic E-state index is 14.5. The highest BCUT2D eigenvalue weighted by Crippen LogP contribution is 2.30. The van der Waals surface area contributed by atoms with E-state index < -0.39 is 10.1 Å². The SMILES string of the molecule is COc1ccc(F)c2c1cc(C)n2CCNc1cc(-c2ccc(S(=O)(=O)O)cc2)ncn1. The average molecular weight is 456 g/mol. The number of aryl methyl sites for hydroxylation is 1. The molecule has 0 unspecified atom stereocenters. The van der Waals surface area contributed by atoms with E-state index >= 15 is 0 Å². The second kappa shape index (κ2) is 8.56. The molecule has 0 atom stereocenters. The Morgan fingerprint density at radius 2 is 1.88 bits per heavy atom. The van der Waals surface area contributed by atoms with Crippen molar-refractivity contribution in [3.63, 3.8) is 0 Å². The van der Waals surface area contributed by atoms with E-state index in [1.165, 1.54) is 24.5 Å². The van der Waals surface area contributed by atoms with Crippen molar-refractivity contribution in [1.82, 2.24) is 14.5 Å². The summed E-state index contributed by atoms with van der Waals surface area (Å²) < 4.78 is 53.2. The smallest absolute Gasteiger partial charge is 0.294 e. The minimum atomic E-state index is -4.25. The van der Waals surface area contributed by atoms with E-state index in [0.717, 1.165) is 11.1 Å². The van der Waals surface area contributed by atoms with Crippen LogP contribution >= 0.6 is 0 Å². The van der Waals surface area contributed by atoms with Gasteiger partial charge in [-0.25, -0.2) is 14.4 Å². The topological polar surface area (TPSA) is 106 Å². The van der Waals surface area contributed by atoms with Crippen LogP contribution in [-0.2, 0) is 16.7 Å². The number of nitrogens with zero attached hydrogens (tertiary/aromatic N) is 3. The van der Waals surface area contributed by atoms with Crippen LogP contribution in [0.2, 0.25) is 0 Å². The zero-order valence-corrected chi connectivity index (χ0v) is 18.2. The number of hydrogen-bond acceptors (Lipinski definition) is 6. The van der Waals surface area contributed by atoms with E-state index in [9.17, 15) is 12.8 Å². The molecule has 0 aliphatic rings. The van der Waals surface area contributed by atoms with Gasteiger partial charge in [-0.15, -0.1) is 0 Å². The maximum absolute atomic E-state index is 14.5. The number of rotatable bonds is 7. The van der Waals surface area contributed by atoms with Gasteiger partial charge >= 0.3 is 0 Å². The molecule has 2 heterocycles. The highest BCUT2D eigenvalue weighted by Gasteiger charge is 2.14. The maximum Gasteiger partial charge on any atom is 0.294 e. The molecule has 4 rings (SSSR count). The van der Waals surface area contributed by atoms with Crippen molar-refractivity contribution in [1.29, 1.82) is 0 Å². The van der Waals surface area contributed by atoms with Crippen molar-refractivity contribution in [2.24, 2.45) is 0 Å². The van der Waals surface area contributed by atoms with Gasteiger partial charge in [-0.1, -0.05) is 12.1 Å². The van der Waals surface area contributed by atoms with E-state index in [-0.39, 0.29) is 10.7 Å². The molecule has 0 aliphatic carbocycles. The monoisotopic (exact) mass is 456 g/mol. The predicted molar refractivity (Wildman–Crippen MR) is 119 cm³/mol. The number of anilines is 1. The zero-order chi connectivity index (χ0) is 22.9. The van der Waals surface area contributed by atoms with E-state index in [4.69, 9.17) is 9.29 Å². The van der Waals surface area contributed by atoms with Crippen LogP contribution in [0, 0.1) is 12.7 Å². The van der Waals surface area contributed by atoms with Gasteiger partial charge in [0.25, 0.3) is 10.1 Å². The van der Waals surface area contributed by atoms with Crippen molar-refractivity contribution in [3.8, 4) is 17.0 Å². The van der Waals surface area contributed by atoms with Crippen LogP contribution in [0.3, 0.4) is 0 Å². The summed E-state index contributed by atoms with van der Waals surface area (Å²) >= 11 is 0. The molecule has 10 heteroatoms. The number of nitrogens with one attached hydrogen (secondary N) is 1. The van der Waals surface area contributed by atoms with Crippen LogP contribution < -0.4 is 10.1 Å². The summed E-state index contributed by atoms with van der Waals surface area (Å²) in [5.41, 5.74) is 2.66. The lowest BCUT2D eigenvalue weighted by Crippen LogP contribution is -2.13. The molecule has 0 amide bonds. The number of fused-ring (bicyclic) bond motifs is 1. The fraction of sp³-hybridized carbons (Fsp3) is 0.182. The molecule has 0 radical (unpaired) electrons. The minimum absolute atomic E-state index is 0.188. The van der Waals surface area contributed by atoms with Gasteiger partial charge in [-0.05, 0) is 37.3 Å². The minimum Gasteiger partial charge on any atom is -0.496 e. The summed E-state index contributed by atoms with van der Waals surface area (Å²) in [7, 11) is -2.69. The summed E-state index contributed by atoms with van der Waals surface area (Å²) in [6.07, 6.45) is 1.40. The van der Waals surface area contributed by atoms with Crippen LogP contribution in [0.25, 0.3) is 22.2 Å². The Morgan fingerprint density at radius 3 is 2.56 bits per heavy atom. The molecule has 2 aromatic carbocycles. The molecule has 2 N–H and O–H groups in total. The van der Waals surface area contributed by atoms with E-state index in [1.807, 2.05) is 17.6 Å². The van der Waals surface area contributed by atoms with E-state index in [2.05, 4.69) is 15.3 Å². The third kappa shape index (κ3) is 4.27. The van der Waals surface area contributed by atoms with Gasteiger partial charge in [0.1, 0.15) is 23.7 Å². The Hall–Kier alpha value is -3.50. The van der Waals surface area contributed by atoms with Gasteiger partial charge in [0.15, 0.2) is 0 Å². The highest BCUT2D eigenvalue weighted by molar-refractivity contribution is 7.85. The van der Waals surface area contributed by atoms with E-state index in [1.54, 1.807) is 31.4 Å². The van der Waals surface area contributed by atoms with Crippen LogP contribution in [0.15, 0.2) is 59.8 Å². The van der Waals surface area contributed by atoms with Crippen molar-refractivity contribution < 1.29 is 22.1 Å². The fourth-order valence-electron chi connectivity index (χ4n) is 3.61. The Labute approximate surface area is 184 Å². The summed E-state index contributed by atoms with van der Waals surface area (Å²) in [5.74, 6) is 0.879. The molecule has 0 aliphatic heterocycles. The fourth-order valence-corrected chi connectivity index (χ4v) is 4.09. The molecule has 0 fully saturated rings. The van der Waals surface area contributed by atoms with Gasteiger partial charge in [0.2, 0.25) is 0 Å². The van der Waals surface area contributed by atoms with Gasteiger partial charge in [-0.2, -0.15) is 8.42 Å². The first-order chi connectivity index (χ1) is 15.3. The first-order valence-corrected chi connectivity index (χ1v) is 11.2. The van der Waals surface area contributed by atoms with Gasteiger partial charge in [0.05, 0.1) is 23.2 Å². The van der Waals surface area contributed by atoms with Crippen LogP contribution in [0.4, 0.5) is 10.2 Å². The van der Waals surface area contributed by atoms with Gasteiger partial charge < -0.3 is 14.6 Å². The number of methoxy groups -OCH3 is 1. The quantitative estimate of drug-likeness (QED) is 0.406. The van der Waals surface area contributed by atoms with Gasteiger partial charge in [-0.3, -0.25) is 4.55 Å². The number of ether oxygens (including phenoxy) is 1. The van der Waals surface area contributed by atoms with Crippen LogP contribution in [-0.4, -0.2) is 41.2 Å². The zero-order valence-electron chi connectivity index (χ0n) is 17.4. The molecule has 166 valence electrons. The molecular formula is C22H21FN4O4S. The summed E-state index contributed by atoms with van der Waals surface area (Å²) in [6, 6.07) is 12.4. The first kappa shape index (κ1) is 21.7. The molecule has 2 aromatic heterocycles. The number of halogens is 1. The highest BCUT2D eigenvalue weighted by atomic mass is 32.2. The van der Waals surface area contributed by atoms with Crippen molar-refractivity contribution in [2.45, 2.75) is 18.4 Å². The second-order valence-electron chi connectivity index (χ2n) is 7.16. The molecule has 0 saturated heterocycles. The van der Waals surface area contributed by atoms with Crippen molar-refractivity contribution in [2.75, 3.05) is 19.0 Å². The lowest BCUT2D eigenvalue weighted by molar-refractivity contribution is 0.419. The third-order valence-corrected chi connectivity index (χ3v) is 6.02. The number of hydrogen-bond donors (Lipinski definition) is 2. The van der Waals surface area contributed by atoms with Crippen molar-refractivity contribution >= 4 is 26.8 Å². The van der Waals surface area contributed by atoms with E-state index in [0.29, 0.717) is 41.4 Å². The largest absolute Gasteiger partial charge is 0.496 e. The summed E-state index contributed by atoms with van der Waals surface area (Å²) in [6.45, 7) is 2.90. The number of benzene rings is 2. The summed E-state index contributed by atoms with van der Waals surface area (Å²) in [4.78, 5) is 8.23. The molecular weight excluding hydrogens is 435 g/mol. The Balaban J connectivity index is 1.51. The first-order valence-electron chi connectivity index (χ1n) is 9.74. The molecule has 32 heavy (non-hydrogen) atoms. The standard InChI is InChI=1S/C22H21FN4O4S/c1-14-11-17-20(31-2)8-7-18(23)22(17)27(14)10-9-24-21-12-19(25-13-26-21)15-3-5-16(6-4-15)32(28,29)30/h3-8,11-13H,9-10H2,1-2H3,(H,24,25,26)(H,28,29,30). The Bertz CT molecular complexity index is 1390. The molecule has 0 spiro atoms. The van der Waals surface area contributed by atoms with Gasteiger partial charge in [0, 0.05) is 35.8 Å². The molecule has 4 aromatic rings. The molecule has 0 bridgehead atoms. The Morgan fingerprint density at radius 1 is 1.12 bits per heavy atom. The van der Waals surface area contributed by atoms with Crippen molar-refractivity contribution in [3.05, 3.63) is 66.4 Å². The molecule has 8 nitrogen and oxygen atoms in total. The lowest BCUT2D eigenvalue weighted by Gasteiger charge is -2.12. The normalized spacial score (nSPS) is 11.6.